The zero-order valence-corrected chi connectivity index (χ0v) is 17.8. The van der Waals surface area contributed by atoms with Crippen LogP contribution in [0.3, 0.4) is 0 Å². The van der Waals surface area contributed by atoms with E-state index in [1.807, 2.05) is 38.3 Å². The lowest BCUT2D eigenvalue weighted by Gasteiger charge is -2.32. The normalized spacial score (nSPS) is 14.7. The minimum absolute atomic E-state index is 0.113. The van der Waals surface area contributed by atoms with Gasteiger partial charge in [-0.25, -0.2) is 19.3 Å². The molecular weight excluding hydrogens is 401 g/mol. The standard InChI is InChI=1S/C22H22FN5OS/c1-22(2)12-26-20(29)15-5-4-14(9-16(15)22)19-17(23)10-25-21(28-19)27-18-8-13(11-30-3)6-7-24-18/h4-10H,11-12H2,1-3H3,(H,26,29)(H,24,25,27,28). The van der Waals surface area contributed by atoms with Crippen LogP contribution in [-0.4, -0.2) is 33.7 Å². The van der Waals surface area contributed by atoms with Crippen molar-refractivity contribution in [3.8, 4) is 11.3 Å². The Bertz CT molecular complexity index is 1120. The van der Waals surface area contributed by atoms with Crippen LogP contribution in [0, 0.1) is 5.82 Å². The second-order valence-electron chi connectivity index (χ2n) is 7.82. The van der Waals surface area contributed by atoms with Crippen LogP contribution in [-0.2, 0) is 11.2 Å². The third-order valence-electron chi connectivity index (χ3n) is 5.08. The van der Waals surface area contributed by atoms with E-state index in [0.29, 0.717) is 23.5 Å². The van der Waals surface area contributed by atoms with E-state index in [1.165, 1.54) is 0 Å². The molecule has 2 N–H and O–H groups in total. The maximum Gasteiger partial charge on any atom is 0.251 e. The van der Waals surface area contributed by atoms with Crippen molar-refractivity contribution in [2.75, 3.05) is 18.1 Å². The summed E-state index contributed by atoms with van der Waals surface area (Å²) in [7, 11) is 0. The van der Waals surface area contributed by atoms with E-state index in [2.05, 4.69) is 25.6 Å². The Labute approximate surface area is 178 Å². The van der Waals surface area contributed by atoms with Crippen LogP contribution in [0.15, 0.2) is 42.7 Å². The van der Waals surface area contributed by atoms with Crippen molar-refractivity contribution in [2.24, 2.45) is 0 Å². The third kappa shape index (κ3) is 4.00. The summed E-state index contributed by atoms with van der Waals surface area (Å²) in [6, 6.07) is 9.16. The number of carbonyl (C=O) groups excluding carboxylic acids is 1. The molecule has 30 heavy (non-hydrogen) atoms. The van der Waals surface area contributed by atoms with E-state index in [4.69, 9.17) is 0 Å². The van der Waals surface area contributed by atoms with Crippen molar-refractivity contribution in [1.82, 2.24) is 20.3 Å². The molecule has 6 nitrogen and oxygen atoms in total. The molecule has 1 amide bonds. The molecule has 1 aliphatic heterocycles. The van der Waals surface area contributed by atoms with Gasteiger partial charge in [0.05, 0.1) is 6.20 Å². The molecule has 0 atom stereocenters. The molecule has 0 radical (unpaired) electrons. The van der Waals surface area contributed by atoms with Crippen LogP contribution >= 0.6 is 11.8 Å². The number of hydrogen-bond donors (Lipinski definition) is 2. The lowest BCUT2D eigenvalue weighted by molar-refractivity contribution is 0.0930. The molecule has 0 saturated heterocycles. The molecule has 8 heteroatoms. The highest BCUT2D eigenvalue weighted by atomic mass is 32.2. The first-order valence-electron chi connectivity index (χ1n) is 9.54. The number of hydrogen-bond acceptors (Lipinski definition) is 6. The molecule has 0 fully saturated rings. The van der Waals surface area contributed by atoms with Gasteiger partial charge in [0.1, 0.15) is 11.5 Å². The van der Waals surface area contributed by atoms with Crippen LogP contribution in [0.5, 0.6) is 0 Å². The van der Waals surface area contributed by atoms with Gasteiger partial charge in [-0.05, 0) is 41.6 Å². The average molecular weight is 424 g/mol. The van der Waals surface area contributed by atoms with E-state index in [0.717, 1.165) is 23.1 Å². The lowest BCUT2D eigenvalue weighted by Crippen LogP contribution is -2.43. The molecule has 0 bridgehead atoms. The Morgan fingerprint density at radius 1 is 1.23 bits per heavy atom. The maximum atomic E-state index is 14.6. The summed E-state index contributed by atoms with van der Waals surface area (Å²) in [4.78, 5) is 24.9. The van der Waals surface area contributed by atoms with Crippen molar-refractivity contribution in [3.05, 3.63) is 65.2 Å². The highest BCUT2D eigenvalue weighted by molar-refractivity contribution is 7.97. The third-order valence-corrected chi connectivity index (χ3v) is 5.70. The number of fused-ring (bicyclic) bond motifs is 1. The summed E-state index contributed by atoms with van der Waals surface area (Å²) in [5.41, 5.74) is 3.13. The number of benzene rings is 1. The summed E-state index contributed by atoms with van der Waals surface area (Å²) in [6.45, 7) is 4.62. The van der Waals surface area contributed by atoms with Crippen LogP contribution in [0.4, 0.5) is 16.2 Å². The van der Waals surface area contributed by atoms with E-state index >= 15 is 0 Å². The van der Waals surface area contributed by atoms with Crippen molar-refractivity contribution >= 4 is 29.4 Å². The number of carbonyl (C=O) groups is 1. The van der Waals surface area contributed by atoms with Crippen LogP contribution < -0.4 is 10.6 Å². The van der Waals surface area contributed by atoms with Gasteiger partial charge < -0.3 is 10.6 Å². The van der Waals surface area contributed by atoms with Gasteiger partial charge in [0.25, 0.3) is 5.91 Å². The first kappa shape index (κ1) is 20.3. The molecule has 0 unspecified atom stereocenters. The zero-order chi connectivity index (χ0) is 21.3. The fraction of sp³-hybridized carbons (Fsp3) is 0.273. The van der Waals surface area contributed by atoms with Gasteiger partial charge in [0, 0.05) is 35.0 Å². The monoisotopic (exact) mass is 423 g/mol. The van der Waals surface area contributed by atoms with Crippen molar-refractivity contribution < 1.29 is 9.18 Å². The number of amides is 1. The number of halogens is 1. The first-order chi connectivity index (χ1) is 14.4. The highest BCUT2D eigenvalue weighted by Gasteiger charge is 2.32. The largest absolute Gasteiger partial charge is 0.351 e. The van der Waals surface area contributed by atoms with Crippen molar-refractivity contribution in [1.29, 1.82) is 0 Å². The van der Waals surface area contributed by atoms with E-state index < -0.39 is 5.82 Å². The van der Waals surface area contributed by atoms with E-state index in [1.54, 1.807) is 30.1 Å². The molecule has 3 aromatic rings. The molecule has 1 aliphatic rings. The van der Waals surface area contributed by atoms with Gasteiger partial charge in [-0.3, -0.25) is 4.79 Å². The predicted molar refractivity (Wildman–Crippen MR) is 118 cm³/mol. The minimum Gasteiger partial charge on any atom is -0.351 e. The number of thioether (sulfide) groups is 1. The van der Waals surface area contributed by atoms with Gasteiger partial charge in [-0.15, -0.1) is 0 Å². The highest BCUT2D eigenvalue weighted by Crippen LogP contribution is 2.33. The van der Waals surface area contributed by atoms with Gasteiger partial charge in [0.15, 0.2) is 5.82 Å². The zero-order valence-electron chi connectivity index (χ0n) is 17.0. The SMILES string of the molecule is CSCc1ccnc(Nc2ncc(F)c(-c3ccc4c(c3)C(C)(C)CNC4=O)n2)c1. The number of nitrogens with zero attached hydrogens (tertiary/aromatic N) is 3. The first-order valence-corrected chi connectivity index (χ1v) is 10.9. The smallest absolute Gasteiger partial charge is 0.251 e. The van der Waals surface area contributed by atoms with Gasteiger partial charge >= 0.3 is 0 Å². The Balaban J connectivity index is 1.69. The maximum absolute atomic E-state index is 14.6. The summed E-state index contributed by atoms with van der Waals surface area (Å²) in [5, 5.41) is 5.94. The minimum atomic E-state index is -0.525. The lowest BCUT2D eigenvalue weighted by atomic mass is 9.78. The molecule has 1 aromatic carbocycles. The van der Waals surface area contributed by atoms with Gasteiger partial charge in [-0.2, -0.15) is 11.8 Å². The molecule has 3 heterocycles. The number of pyridine rings is 1. The second kappa shape index (κ2) is 8.02. The molecule has 2 aromatic heterocycles. The Kier molecular flexibility index (Phi) is 5.42. The van der Waals surface area contributed by atoms with Crippen LogP contribution in [0.1, 0.15) is 35.3 Å². The Hall–Kier alpha value is -3.00. The topological polar surface area (TPSA) is 79.8 Å². The fourth-order valence-electron chi connectivity index (χ4n) is 3.48. The van der Waals surface area contributed by atoms with E-state index in [-0.39, 0.29) is 23.0 Å². The number of aromatic nitrogens is 3. The van der Waals surface area contributed by atoms with Gasteiger partial charge in [0.2, 0.25) is 5.95 Å². The van der Waals surface area contributed by atoms with Crippen molar-refractivity contribution in [2.45, 2.75) is 25.0 Å². The van der Waals surface area contributed by atoms with E-state index in [9.17, 15) is 9.18 Å². The summed E-state index contributed by atoms with van der Waals surface area (Å²) < 4.78 is 14.6. The summed E-state index contributed by atoms with van der Waals surface area (Å²) in [5.74, 6) is 1.09. The van der Waals surface area contributed by atoms with Crippen LogP contribution in [0.2, 0.25) is 0 Å². The number of nitrogens with one attached hydrogen (secondary N) is 2. The van der Waals surface area contributed by atoms with Crippen molar-refractivity contribution in [3.63, 3.8) is 0 Å². The number of anilines is 2. The quantitative estimate of drug-likeness (QED) is 0.637. The van der Waals surface area contributed by atoms with Crippen LogP contribution in [0.25, 0.3) is 11.3 Å². The Morgan fingerprint density at radius 2 is 2.07 bits per heavy atom. The molecule has 154 valence electrons. The summed E-state index contributed by atoms with van der Waals surface area (Å²) >= 11 is 1.72. The molecule has 0 saturated carbocycles. The van der Waals surface area contributed by atoms with Gasteiger partial charge in [-0.1, -0.05) is 19.9 Å². The molecular formula is C22H22FN5OS. The second-order valence-corrected chi connectivity index (χ2v) is 8.69. The molecule has 0 spiro atoms. The predicted octanol–water partition coefficient (Wildman–Crippen LogP) is 4.31. The Morgan fingerprint density at radius 3 is 2.87 bits per heavy atom. The molecule has 4 rings (SSSR count). The fourth-order valence-corrected chi connectivity index (χ4v) is 4.00. The number of rotatable bonds is 5. The average Bonchev–Trinajstić information content (AvgIpc) is 2.73. The molecule has 0 aliphatic carbocycles. The summed E-state index contributed by atoms with van der Waals surface area (Å²) in [6.07, 6.45) is 4.90.